The Labute approximate surface area is 120 Å². The van der Waals surface area contributed by atoms with Gasteiger partial charge in [-0.1, -0.05) is 30.3 Å². The molecule has 2 aromatic carbocycles. The van der Waals surface area contributed by atoms with Gasteiger partial charge in [-0.25, -0.2) is 0 Å². The average molecular weight is 268 g/mol. The number of ether oxygens (including phenoxy) is 1. The summed E-state index contributed by atoms with van der Waals surface area (Å²) in [5.74, 6) is 0.903. The van der Waals surface area contributed by atoms with Gasteiger partial charge in [-0.3, -0.25) is 0 Å². The number of nitrogens with two attached hydrogens (primary N) is 1. The first-order valence-electron chi connectivity index (χ1n) is 7.11. The summed E-state index contributed by atoms with van der Waals surface area (Å²) in [5, 5.41) is 0. The fourth-order valence-electron chi connectivity index (χ4n) is 2.67. The first kappa shape index (κ1) is 13.0. The molecule has 104 valence electrons. The average Bonchev–Trinajstić information content (AvgIpc) is 2.91. The molecule has 20 heavy (non-hydrogen) atoms. The standard InChI is InChI=1S/C17H20N2O/c18-13-14-4-3-6-16(12-14)20-11-10-19-9-8-15-5-1-2-7-17(15)19/h1-7,12H,8-11,13,18H2. The fraction of sp³-hybridized carbons (Fsp3) is 0.294. The van der Waals surface area contributed by atoms with Crippen molar-refractivity contribution in [3.8, 4) is 5.75 Å². The number of hydrogen-bond acceptors (Lipinski definition) is 3. The molecule has 0 saturated carbocycles. The number of para-hydroxylation sites is 1. The van der Waals surface area contributed by atoms with Gasteiger partial charge in [-0.15, -0.1) is 0 Å². The van der Waals surface area contributed by atoms with Gasteiger partial charge in [0.05, 0.1) is 6.54 Å². The van der Waals surface area contributed by atoms with Gasteiger partial charge in [0.2, 0.25) is 0 Å². The minimum Gasteiger partial charge on any atom is -0.492 e. The molecule has 0 spiro atoms. The lowest BCUT2D eigenvalue weighted by molar-refractivity contribution is 0.324. The second-order valence-electron chi connectivity index (χ2n) is 5.07. The summed E-state index contributed by atoms with van der Waals surface area (Å²) in [4.78, 5) is 2.39. The Bertz CT molecular complexity index is 583. The quantitative estimate of drug-likeness (QED) is 0.906. The maximum absolute atomic E-state index is 5.83. The zero-order valence-corrected chi connectivity index (χ0v) is 11.6. The molecule has 0 saturated heterocycles. The summed E-state index contributed by atoms with van der Waals surface area (Å²) in [7, 11) is 0. The summed E-state index contributed by atoms with van der Waals surface area (Å²) in [5.41, 5.74) is 9.54. The first-order valence-corrected chi connectivity index (χ1v) is 7.11. The van der Waals surface area contributed by atoms with E-state index in [-0.39, 0.29) is 0 Å². The third-order valence-electron chi connectivity index (χ3n) is 3.75. The summed E-state index contributed by atoms with van der Waals surface area (Å²) < 4.78 is 5.83. The van der Waals surface area contributed by atoms with Crippen molar-refractivity contribution in [3.63, 3.8) is 0 Å². The van der Waals surface area contributed by atoms with E-state index < -0.39 is 0 Å². The topological polar surface area (TPSA) is 38.5 Å². The van der Waals surface area contributed by atoms with E-state index in [2.05, 4.69) is 29.2 Å². The molecular weight excluding hydrogens is 248 g/mol. The van der Waals surface area contributed by atoms with E-state index in [0.29, 0.717) is 13.2 Å². The Balaban J connectivity index is 1.56. The fourth-order valence-corrected chi connectivity index (χ4v) is 2.67. The Morgan fingerprint density at radius 1 is 1.10 bits per heavy atom. The molecule has 0 unspecified atom stereocenters. The lowest BCUT2D eigenvalue weighted by Gasteiger charge is -2.19. The molecule has 0 radical (unpaired) electrons. The molecule has 0 atom stereocenters. The molecule has 3 nitrogen and oxygen atoms in total. The van der Waals surface area contributed by atoms with Gasteiger partial charge < -0.3 is 15.4 Å². The number of hydrogen-bond donors (Lipinski definition) is 1. The molecule has 1 aliphatic heterocycles. The summed E-state index contributed by atoms with van der Waals surface area (Å²) in [6.45, 7) is 3.26. The van der Waals surface area contributed by atoms with Crippen LogP contribution in [0.25, 0.3) is 0 Å². The molecule has 3 heteroatoms. The molecule has 0 bridgehead atoms. The van der Waals surface area contributed by atoms with E-state index in [1.165, 1.54) is 11.3 Å². The number of fused-ring (bicyclic) bond motifs is 1. The van der Waals surface area contributed by atoms with E-state index in [0.717, 1.165) is 30.8 Å². The number of nitrogens with zero attached hydrogens (tertiary/aromatic N) is 1. The van der Waals surface area contributed by atoms with Crippen LogP contribution in [0, 0.1) is 0 Å². The van der Waals surface area contributed by atoms with Crippen LogP contribution in [0.15, 0.2) is 48.5 Å². The molecule has 0 fully saturated rings. The van der Waals surface area contributed by atoms with Gasteiger partial charge in [0, 0.05) is 18.8 Å². The molecule has 1 aliphatic rings. The van der Waals surface area contributed by atoms with E-state index in [4.69, 9.17) is 10.5 Å². The van der Waals surface area contributed by atoms with E-state index in [1.54, 1.807) is 0 Å². The Morgan fingerprint density at radius 3 is 2.90 bits per heavy atom. The molecular formula is C17H20N2O. The maximum Gasteiger partial charge on any atom is 0.119 e. The molecule has 1 heterocycles. The zero-order chi connectivity index (χ0) is 13.8. The second kappa shape index (κ2) is 5.97. The van der Waals surface area contributed by atoms with E-state index in [9.17, 15) is 0 Å². The van der Waals surface area contributed by atoms with Crippen molar-refractivity contribution >= 4 is 5.69 Å². The summed E-state index contributed by atoms with van der Waals surface area (Å²) in [6, 6.07) is 16.6. The van der Waals surface area contributed by atoms with Crippen LogP contribution in [0.1, 0.15) is 11.1 Å². The van der Waals surface area contributed by atoms with Crippen molar-refractivity contribution in [1.29, 1.82) is 0 Å². The Morgan fingerprint density at radius 2 is 2.00 bits per heavy atom. The predicted octanol–water partition coefficient (Wildman–Crippen LogP) is 2.59. The van der Waals surface area contributed by atoms with Gasteiger partial charge in [-0.2, -0.15) is 0 Å². The van der Waals surface area contributed by atoms with Crippen molar-refractivity contribution in [2.75, 3.05) is 24.6 Å². The molecule has 0 amide bonds. The highest BCUT2D eigenvalue weighted by Crippen LogP contribution is 2.26. The third kappa shape index (κ3) is 2.78. The number of benzene rings is 2. The van der Waals surface area contributed by atoms with E-state index >= 15 is 0 Å². The van der Waals surface area contributed by atoms with Crippen LogP contribution in [0.3, 0.4) is 0 Å². The van der Waals surface area contributed by atoms with E-state index in [1.807, 2.05) is 24.3 Å². The molecule has 2 aromatic rings. The Hall–Kier alpha value is -2.00. The highest BCUT2D eigenvalue weighted by Gasteiger charge is 2.17. The summed E-state index contributed by atoms with van der Waals surface area (Å²) in [6.07, 6.45) is 1.14. The van der Waals surface area contributed by atoms with Crippen LogP contribution in [0.5, 0.6) is 5.75 Å². The van der Waals surface area contributed by atoms with Gasteiger partial charge >= 0.3 is 0 Å². The van der Waals surface area contributed by atoms with Crippen LogP contribution in [-0.2, 0) is 13.0 Å². The predicted molar refractivity (Wildman–Crippen MR) is 82.2 cm³/mol. The van der Waals surface area contributed by atoms with Gasteiger partial charge in [0.25, 0.3) is 0 Å². The van der Waals surface area contributed by atoms with Crippen LogP contribution < -0.4 is 15.4 Å². The smallest absolute Gasteiger partial charge is 0.119 e. The van der Waals surface area contributed by atoms with Gasteiger partial charge in [-0.05, 0) is 35.7 Å². The largest absolute Gasteiger partial charge is 0.492 e. The minimum absolute atomic E-state index is 0.552. The van der Waals surface area contributed by atoms with Crippen LogP contribution in [0.2, 0.25) is 0 Å². The van der Waals surface area contributed by atoms with Crippen molar-refractivity contribution in [2.45, 2.75) is 13.0 Å². The van der Waals surface area contributed by atoms with Crippen LogP contribution in [-0.4, -0.2) is 19.7 Å². The number of rotatable bonds is 5. The monoisotopic (exact) mass is 268 g/mol. The van der Waals surface area contributed by atoms with Crippen molar-refractivity contribution in [2.24, 2.45) is 5.73 Å². The second-order valence-corrected chi connectivity index (χ2v) is 5.07. The lowest BCUT2D eigenvalue weighted by Crippen LogP contribution is -2.26. The van der Waals surface area contributed by atoms with Crippen LogP contribution >= 0.6 is 0 Å². The lowest BCUT2D eigenvalue weighted by atomic mass is 10.2. The van der Waals surface area contributed by atoms with Crippen LogP contribution in [0.4, 0.5) is 5.69 Å². The minimum atomic E-state index is 0.552. The highest BCUT2D eigenvalue weighted by atomic mass is 16.5. The molecule has 0 aliphatic carbocycles. The molecule has 0 aromatic heterocycles. The molecule has 3 rings (SSSR count). The first-order chi connectivity index (χ1) is 9.86. The third-order valence-corrected chi connectivity index (χ3v) is 3.75. The van der Waals surface area contributed by atoms with Crippen molar-refractivity contribution in [3.05, 3.63) is 59.7 Å². The highest BCUT2D eigenvalue weighted by molar-refractivity contribution is 5.57. The zero-order valence-electron chi connectivity index (χ0n) is 11.6. The normalized spacial score (nSPS) is 13.3. The SMILES string of the molecule is NCc1cccc(OCCN2CCc3ccccc32)c1. The van der Waals surface area contributed by atoms with Crippen molar-refractivity contribution in [1.82, 2.24) is 0 Å². The number of anilines is 1. The maximum atomic E-state index is 5.83. The Kier molecular flexibility index (Phi) is 3.88. The van der Waals surface area contributed by atoms with Gasteiger partial charge in [0.1, 0.15) is 12.4 Å². The van der Waals surface area contributed by atoms with Gasteiger partial charge in [0.15, 0.2) is 0 Å². The molecule has 2 N–H and O–H groups in total. The summed E-state index contributed by atoms with van der Waals surface area (Å²) >= 11 is 0. The van der Waals surface area contributed by atoms with Crippen molar-refractivity contribution < 1.29 is 4.74 Å².